The van der Waals surface area contributed by atoms with Crippen LogP contribution in [0.4, 0.5) is 0 Å². The average molecular weight is 488 g/mol. The van der Waals surface area contributed by atoms with Crippen LogP contribution in [0.1, 0.15) is 33.8 Å². The Morgan fingerprint density at radius 3 is 2.78 bits per heavy atom. The van der Waals surface area contributed by atoms with Gasteiger partial charge in [0.05, 0.1) is 30.5 Å². The minimum absolute atomic E-state index is 0.0353. The number of nitrogens with zero attached hydrogens (tertiary/aromatic N) is 5. The molecule has 1 saturated heterocycles. The number of aliphatic hydroxyl groups is 2. The van der Waals surface area contributed by atoms with Gasteiger partial charge in [0.2, 0.25) is 5.91 Å². The van der Waals surface area contributed by atoms with E-state index in [4.69, 9.17) is 4.74 Å². The predicted molar refractivity (Wildman–Crippen MR) is 131 cm³/mol. The van der Waals surface area contributed by atoms with Crippen LogP contribution in [0.3, 0.4) is 0 Å². The molecule has 1 aromatic heterocycles. The summed E-state index contributed by atoms with van der Waals surface area (Å²) in [6.07, 6.45) is 1.23. The van der Waals surface area contributed by atoms with Crippen LogP contribution in [0, 0.1) is 18.3 Å². The van der Waals surface area contributed by atoms with Gasteiger partial charge in [-0.2, -0.15) is 5.26 Å². The summed E-state index contributed by atoms with van der Waals surface area (Å²) in [6, 6.07) is 13.3. The molecule has 6 bridgehead atoms. The SMILES string of the molecule is Cc1ncc2n1Cc1ccc(C#N)c(c1)Oc1ccc(CC(O)CO)c(c1)CN1CCN(CC1=O)C2. The second-order valence-corrected chi connectivity index (χ2v) is 9.42. The quantitative estimate of drug-likeness (QED) is 0.580. The van der Waals surface area contributed by atoms with Gasteiger partial charge in [-0.05, 0) is 47.9 Å². The minimum Gasteiger partial charge on any atom is -0.456 e. The van der Waals surface area contributed by atoms with E-state index in [1.54, 1.807) is 12.1 Å². The molecule has 3 aliphatic rings. The highest BCUT2D eigenvalue weighted by atomic mass is 16.5. The Labute approximate surface area is 209 Å². The summed E-state index contributed by atoms with van der Waals surface area (Å²) in [6.45, 7) is 4.81. The van der Waals surface area contributed by atoms with Crippen molar-refractivity contribution in [2.45, 2.75) is 39.1 Å². The highest BCUT2D eigenvalue weighted by Gasteiger charge is 2.26. The maximum atomic E-state index is 13.1. The van der Waals surface area contributed by atoms with Crippen LogP contribution in [0.25, 0.3) is 0 Å². The highest BCUT2D eigenvalue weighted by molar-refractivity contribution is 5.79. The van der Waals surface area contributed by atoms with Gasteiger partial charge in [0.15, 0.2) is 0 Å². The molecule has 0 aliphatic carbocycles. The number of ether oxygens (including phenoxy) is 1. The van der Waals surface area contributed by atoms with Gasteiger partial charge in [0.1, 0.15) is 23.4 Å². The van der Waals surface area contributed by atoms with E-state index < -0.39 is 6.10 Å². The van der Waals surface area contributed by atoms with Crippen molar-refractivity contribution >= 4 is 5.91 Å². The number of piperazine rings is 1. The molecular formula is C27H29N5O4. The van der Waals surface area contributed by atoms with E-state index in [2.05, 4.69) is 20.5 Å². The summed E-state index contributed by atoms with van der Waals surface area (Å²) in [5, 5.41) is 29.1. The van der Waals surface area contributed by atoms with Crippen molar-refractivity contribution in [1.29, 1.82) is 5.26 Å². The second-order valence-electron chi connectivity index (χ2n) is 9.42. The lowest BCUT2D eigenvalue weighted by molar-refractivity contribution is -0.136. The van der Waals surface area contributed by atoms with E-state index in [1.165, 1.54) is 0 Å². The molecule has 6 rings (SSSR count). The van der Waals surface area contributed by atoms with Gasteiger partial charge in [-0.1, -0.05) is 12.1 Å². The Morgan fingerprint density at radius 1 is 1.14 bits per heavy atom. The summed E-state index contributed by atoms with van der Waals surface area (Å²) in [7, 11) is 0. The van der Waals surface area contributed by atoms with Crippen LogP contribution >= 0.6 is 0 Å². The number of carbonyl (C=O) groups excluding carboxylic acids is 1. The number of carbonyl (C=O) groups is 1. The van der Waals surface area contributed by atoms with Gasteiger partial charge in [0, 0.05) is 45.3 Å². The van der Waals surface area contributed by atoms with Crippen LogP contribution in [-0.2, 0) is 30.8 Å². The maximum Gasteiger partial charge on any atom is 0.237 e. The Kier molecular flexibility index (Phi) is 6.74. The Bertz CT molecular complexity index is 1330. The third kappa shape index (κ3) is 4.97. The average Bonchev–Trinajstić information content (AvgIpc) is 3.20. The van der Waals surface area contributed by atoms with E-state index in [9.17, 15) is 20.3 Å². The van der Waals surface area contributed by atoms with Crippen LogP contribution < -0.4 is 4.74 Å². The molecular weight excluding hydrogens is 458 g/mol. The lowest BCUT2D eigenvalue weighted by atomic mass is 10.00. The zero-order chi connectivity index (χ0) is 25.2. The van der Waals surface area contributed by atoms with Gasteiger partial charge in [-0.25, -0.2) is 4.98 Å². The number of amides is 1. The molecule has 4 heterocycles. The zero-order valence-electron chi connectivity index (χ0n) is 20.2. The number of benzene rings is 2. The maximum absolute atomic E-state index is 13.1. The number of hydrogen-bond donors (Lipinski definition) is 2. The lowest BCUT2D eigenvalue weighted by Crippen LogP contribution is -2.49. The van der Waals surface area contributed by atoms with Crippen molar-refractivity contribution in [2.75, 3.05) is 26.2 Å². The van der Waals surface area contributed by atoms with E-state index >= 15 is 0 Å². The molecule has 9 heteroatoms. The lowest BCUT2D eigenvalue weighted by Gasteiger charge is -2.35. The molecule has 1 amide bonds. The van der Waals surface area contributed by atoms with Crippen molar-refractivity contribution in [3.8, 4) is 17.6 Å². The molecule has 0 spiro atoms. The topological polar surface area (TPSA) is 115 Å². The van der Waals surface area contributed by atoms with E-state index in [0.717, 1.165) is 34.8 Å². The summed E-state index contributed by atoms with van der Waals surface area (Å²) in [4.78, 5) is 21.6. The van der Waals surface area contributed by atoms with Crippen molar-refractivity contribution in [1.82, 2.24) is 19.4 Å². The summed E-state index contributed by atoms with van der Waals surface area (Å²) < 4.78 is 8.33. The summed E-state index contributed by atoms with van der Waals surface area (Å²) in [5.41, 5.74) is 4.11. The van der Waals surface area contributed by atoms with E-state index in [-0.39, 0.29) is 18.9 Å². The van der Waals surface area contributed by atoms with Crippen molar-refractivity contribution in [3.05, 3.63) is 76.4 Å². The third-order valence-corrected chi connectivity index (χ3v) is 6.86. The number of fused-ring (bicyclic) bond motifs is 2. The standard InChI is InChI=1S/C27H29N5O4/c1-18-29-12-23-15-30-6-7-31(27(35)16-30)14-22-10-25(5-4-20(22)9-24(34)17-33)36-26-8-19(13-32(18)23)2-3-21(26)11-28/h2-5,8,10,12,24,33-34H,6-7,9,13-17H2,1H3. The van der Waals surface area contributed by atoms with E-state index in [0.29, 0.717) is 49.8 Å². The number of aryl methyl sites for hydroxylation is 1. The molecule has 2 unspecified atom stereocenters. The number of nitriles is 1. The second kappa shape index (κ2) is 10.1. The summed E-state index contributed by atoms with van der Waals surface area (Å²) in [5.74, 6) is 1.91. The predicted octanol–water partition coefficient (Wildman–Crippen LogP) is 1.96. The smallest absolute Gasteiger partial charge is 0.237 e. The molecule has 2 aromatic carbocycles. The Morgan fingerprint density at radius 2 is 2.00 bits per heavy atom. The van der Waals surface area contributed by atoms with Crippen molar-refractivity contribution in [3.63, 3.8) is 0 Å². The fourth-order valence-corrected chi connectivity index (χ4v) is 4.83. The first-order chi connectivity index (χ1) is 17.4. The third-order valence-electron chi connectivity index (χ3n) is 6.86. The molecule has 0 radical (unpaired) electrons. The van der Waals surface area contributed by atoms with Gasteiger partial charge in [0.25, 0.3) is 0 Å². The van der Waals surface area contributed by atoms with Gasteiger partial charge in [-0.15, -0.1) is 0 Å². The Balaban J connectivity index is 1.59. The number of aliphatic hydroxyl groups excluding tert-OH is 2. The van der Waals surface area contributed by atoms with Crippen LogP contribution in [-0.4, -0.2) is 67.8 Å². The first kappa shape index (κ1) is 24.0. The molecule has 36 heavy (non-hydrogen) atoms. The first-order valence-electron chi connectivity index (χ1n) is 12.1. The normalized spacial score (nSPS) is 18.3. The van der Waals surface area contributed by atoms with Crippen LogP contribution in [0.15, 0.2) is 42.6 Å². The molecule has 9 nitrogen and oxygen atoms in total. The number of imidazole rings is 1. The molecule has 2 N–H and O–H groups in total. The molecule has 3 aromatic rings. The van der Waals surface area contributed by atoms with Crippen LogP contribution in [0.5, 0.6) is 11.5 Å². The fourth-order valence-electron chi connectivity index (χ4n) is 4.83. The highest BCUT2D eigenvalue weighted by Crippen LogP contribution is 2.30. The Hall–Kier alpha value is -3.71. The molecule has 186 valence electrons. The van der Waals surface area contributed by atoms with E-state index in [1.807, 2.05) is 42.3 Å². The largest absolute Gasteiger partial charge is 0.456 e. The fraction of sp³-hybridized carbons (Fsp3) is 0.370. The van der Waals surface area contributed by atoms with Crippen molar-refractivity contribution < 1.29 is 19.7 Å². The van der Waals surface area contributed by atoms with Crippen molar-refractivity contribution in [2.24, 2.45) is 0 Å². The van der Waals surface area contributed by atoms with Gasteiger partial charge < -0.3 is 24.4 Å². The zero-order valence-corrected chi connectivity index (χ0v) is 20.2. The number of aromatic nitrogens is 2. The van der Waals surface area contributed by atoms with Crippen LogP contribution in [0.2, 0.25) is 0 Å². The number of hydrogen-bond acceptors (Lipinski definition) is 7. The molecule has 1 fully saturated rings. The minimum atomic E-state index is -0.892. The molecule has 0 saturated carbocycles. The molecule has 3 aliphatic heterocycles. The summed E-state index contributed by atoms with van der Waals surface area (Å²) >= 11 is 0. The number of rotatable bonds is 3. The van der Waals surface area contributed by atoms with Gasteiger partial charge in [-0.3, -0.25) is 9.69 Å². The van der Waals surface area contributed by atoms with Gasteiger partial charge >= 0.3 is 0 Å². The molecule has 2 atom stereocenters. The monoisotopic (exact) mass is 487 g/mol. The first-order valence-corrected chi connectivity index (χ1v) is 12.1.